The molecule has 0 radical (unpaired) electrons. The van der Waals surface area contributed by atoms with Crippen molar-refractivity contribution in [3.05, 3.63) is 93.5 Å². The van der Waals surface area contributed by atoms with Gasteiger partial charge in [0.15, 0.2) is 6.61 Å². The molecular formula is C26H22BrN3O3. The average molecular weight is 504 g/mol. The minimum absolute atomic E-state index is 0.0532. The molecule has 2 N–H and O–H groups in total. The van der Waals surface area contributed by atoms with Gasteiger partial charge in [-0.15, -0.1) is 0 Å². The summed E-state index contributed by atoms with van der Waals surface area (Å²) in [5, 5.41) is 14.9. The van der Waals surface area contributed by atoms with Crippen molar-refractivity contribution in [1.82, 2.24) is 0 Å². The lowest BCUT2D eigenvalue weighted by atomic mass is 10.1. The first-order valence-corrected chi connectivity index (χ1v) is 10.9. The third kappa shape index (κ3) is 7.06. The van der Waals surface area contributed by atoms with Crippen LogP contribution in [0.15, 0.2) is 76.8 Å². The summed E-state index contributed by atoms with van der Waals surface area (Å²) in [5.41, 5.74) is 4.07. The molecular weight excluding hydrogens is 482 g/mol. The predicted octanol–water partition coefficient (Wildman–Crippen LogP) is 5.63. The lowest BCUT2D eigenvalue weighted by Crippen LogP contribution is -2.20. The molecule has 0 spiro atoms. The summed E-state index contributed by atoms with van der Waals surface area (Å²) in [6, 6.07) is 21.5. The highest BCUT2D eigenvalue weighted by Gasteiger charge is 2.10. The predicted molar refractivity (Wildman–Crippen MR) is 133 cm³/mol. The van der Waals surface area contributed by atoms with Crippen LogP contribution in [0, 0.1) is 25.2 Å². The van der Waals surface area contributed by atoms with E-state index in [0.717, 1.165) is 15.6 Å². The van der Waals surface area contributed by atoms with Crippen LogP contribution in [0.2, 0.25) is 0 Å². The second-order valence-corrected chi connectivity index (χ2v) is 8.25. The van der Waals surface area contributed by atoms with Crippen LogP contribution in [0.5, 0.6) is 5.75 Å². The number of rotatable bonds is 7. The molecule has 0 saturated carbocycles. The largest absolute Gasteiger partial charge is 0.484 e. The number of aryl methyl sites for hydroxylation is 2. The highest BCUT2D eigenvalue weighted by atomic mass is 79.9. The van der Waals surface area contributed by atoms with E-state index < -0.39 is 5.91 Å². The Morgan fingerprint density at radius 3 is 2.39 bits per heavy atom. The van der Waals surface area contributed by atoms with E-state index in [-0.39, 0.29) is 18.1 Å². The number of ether oxygens (including phenoxy) is 1. The van der Waals surface area contributed by atoms with Gasteiger partial charge in [-0.25, -0.2) is 0 Å². The number of anilines is 2. The summed E-state index contributed by atoms with van der Waals surface area (Å²) in [6.45, 7) is 3.82. The summed E-state index contributed by atoms with van der Waals surface area (Å²) in [7, 11) is 0. The number of halogens is 1. The Morgan fingerprint density at radius 1 is 0.970 bits per heavy atom. The Hall–Kier alpha value is -3.89. The van der Waals surface area contributed by atoms with Crippen molar-refractivity contribution in [2.75, 3.05) is 17.2 Å². The SMILES string of the molecule is Cc1ccc(NC(=O)COc2cccc(/C=C(/C#N)C(=O)Nc3ccc(Br)cc3)c2)cc1C. The summed E-state index contributed by atoms with van der Waals surface area (Å²) in [4.78, 5) is 24.7. The van der Waals surface area contributed by atoms with Crippen LogP contribution in [0.1, 0.15) is 16.7 Å². The van der Waals surface area contributed by atoms with Gasteiger partial charge in [-0.1, -0.05) is 34.1 Å². The lowest BCUT2D eigenvalue weighted by Gasteiger charge is -2.09. The van der Waals surface area contributed by atoms with Crippen molar-refractivity contribution in [2.24, 2.45) is 0 Å². The van der Waals surface area contributed by atoms with E-state index in [1.807, 2.05) is 38.1 Å². The molecule has 3 aromatic rings. The number of amides is 2. The first-order chi connectivity index (χ1) is 15.8. The number of benzene rings is 3. The summed E-state index contributed by atoms with van der Waals surface area (Å²) in [5.74, 6) is -0.353. The van der Waals surface area contributed by atoms with Gasteiger partial charge in [-0.3, -0.25) is 9.59 Å². The number of nitrogens with zero attached hydrogens (tertiary/aromatic N) is 1. The molecule has 0 bridgehead atoms. The molecule has 0 aliphatic heterocycles. The third-order valence-corrected chi connectivity index (χ3v) is 5.33. The molecule has 3 rings (SSSR count). The van der Waals surface area contributed by atoms with Crippen LogP contribution in [0.3, 0.4) is 0 Å². The lowest BCUT2D eigenvalue weighted by molar-refractivity contribution is -0.118. The highest BCUT2D eigenvalue weighted by Crippen LogP contribution is 2.19. The number of hydrogen-bond donors (Lipinski definition) is 2. The number of carbonyl (C=O) groups excluding carboxylic acids is 2. The fraction of sp³-hybridized carbons (Fsp3) is 0.115. The molecule has 0 aliphatic carbocycles. The van der Waals surface area contributed by atoms with Crippen LogP contribution >= 0.6 is 15.9 Å². The van der Waals surface area contributed by atoms with E-state index in [9.17, 15) is 14.9 Å². The standard InChI is InChI=1S/C26H22BrN3O3/c1-17-6-9-23(12-18(17)2)29-25(31)16-33-24-5-3-4-19(14-24)13-20(15-28)26(32)30-22-10-7-21(27)8-11-22/h3-14H,16H2,1-2H3,(H,29,31)(H,30,32)/b20-13-. The van der Waals surface area contributed by atoms with Gasteiger partial charge in [0.2, 0.25) is 0 Å². The van der Waals surface area contributed by atoms with Gasteiger partial charge in [0.25, 0.3) is 11.8 Å². The molecule has 0 atom stereocenters. The van der Waals surface area contributed by atoms with Gasteiger partial charge in [-0.05, 0) is 85.1 Å². The van der Waals surface area contributed by atoms with Crippen LogP contribution in [-0.2, 0) is 9.59 Å². The molecule has 0 aromatic heterocycles. The zero-order chi connectivity index (χ0) is 23.8. The fourth-order valence-electron chi connectivity index (χ4n) is 2.91. The Bertz CT molecular complexity index is 1240. The number of nitriles is 1. The van der Waals surface area contributed by atoms with Crippen LogP contribution in [0.25, 0.3) is 6.08 Å². The van der Waals surface area contributed by atoms with E-state index in [1.54, 1.807) is 48.5 Å². The Balaban J connectivity index is 1.62. The van der Waals surface area contributed by atoms with Gasteiger partial charge in [0.1, 0.15) is 17.4 Å². The zero-order valence-electron chi connectivity index (χ0n) is 18.2. The fourth-order valence-corrected chi connectivity index (χ4v) is 3.17. The van der Waals surface area contributed by atoms with Crippen molar-refractivity contribution in [2.45, 2.75) is 13.8 Å². The molecule has 2 amide bonds. The third-order valence-electron chi connectivity index (χ3n) is 4.80. The maximum Gasteiger partial charge on any atom is 0.266 e. The average Bonchev–Trinajstić information content (AvgIpc) is 2.80. The van der Waals surface area contributed by atoms with Crippen LogP contribution in [0.4, 0.5) is 11.4 Å². The van der Waals surface area contributed by atoms with Crippen molar-refractivity contribution >= 4 is 45.2 Å². The topological polar surface area (TPSA) is 91.2 Å². The van der Waals surface area contributed by atoms with Gasteiger partial charge in [0.05, 0.1) is 0 Å². The molecule has 33 heavy (non-hydrogen) atoms. The normalized spacial score (nSPS) is 10.8. The number of carbonyl (C=O) groups is 2. The molecule has 0 aliphatic rings. The monoisotopic (exact) mass is 503 g/mol. The second kappa shape index (κ2) is 11.1. The van der Waals surface area contributed by atoms with Gasteiger partial charge < -0.3 is 15.4 Å². The van der Waals surface area contributed by atoms with Crippen molar-refractivity contribution in [1.29, 1.82) is 5.26 Å². The quantitative estimate of drug-likeness (QED) is 0.322. The maximum absolute atomic E-state index is 12.5. The van der Waals surface area contributed by atoms with Gasteiger partial charge in [-0.2, -0.15) is 5.26 Å². The summed E-state index contributed by atoms with van der Waals surface area (Å²) >= 11 is 3.34. The van der Waals surface area contributed by atoms with E-state index in [0.29, 0.717) is 22.7 Å². The van der Waals surface area contributed by atoms with Crippen molar-refractivity contribution in [3.8, 4) is 11.8 Å². The van der Waals surface area contributed by atoms with E-state index in [4.69, 9.17) is 4.74 Å². The Morgan fingerprint density at radius 2 is 1.70 bits per heavy atom. The molecule has 0 unspecified atom stereocenters. The molecule has 0 heterocycles. The molecule has 0 fully saturated rings. The molecule has 0 saturated heterocycles. The number of nitrogens with one attached hydrogen (secondary N) is 2. The molecule has 6 nitrogen and oxygen atoms in total. The molecule has 7 heteroatoms. The summed E-state index contributed by atoms with van der Waals surface area (Å²) in [6.07, 6.45) is 1.47. The number of hydrogen-bond acceptors (Lipinski definition) is 4. The van der Waals surface area contributed by atoms with Gasteiger partial charge in [0, 0.05) is 15.8 Å². The van der Waals surface area contributed by atoms with Gasteiger partial charge >= 0.3 is 0 Å². The second-order valence-electron chi connectivity index (χ2n) is 7.34. The molecule has 3 aromatic carbocycles. The van der Waals surface area contributed by atoms with Crippen LogP contribution < -0.4 is 15.4 Å². The smallest absolute Gasteiger partial charge is 0.266 e. The first kappa shape index (κ1) is 23.8. The summed E-state index contributed by atoms with van der Waals surface area (Å²) < 4.78 is 6.47. The highest BCUT2D eigenvalue weighted by molar-refractivity contribution is 9.10. The Kier molecular flexibility index (Phi) is 8.01. The van der Waals surface area contributed by atoms with E-state index in [2.05, 4.69) is 26.6 Å². The van der Waals surface area contributed by atoms with Crippen molar-refractivity contribution in [3.63, 3.8) is 0 Å². The first-order valence-electron chi connectivity index (χ1n) is 10.1. The zero-order valence-corrected chi connectivity index (χ0v) is 19.8. The van der Waals surface area contributed by atoms with Crippen LogP contribution in [-0.4, -0.2) is 18.4 Å². The minimum atomic E-state index is -0.515. The maximum atomic E-state index is 12.5. The molecule has 166 valence electrons. The van der Waals surface area contributed by atoms with Crippen molar-refractivity contribution < 1.29 is 14.3 Å². The minimum Gasteiger partial charge on any atom is -0.484 e. The Labute approximate surface area is 201 Å². The van der Waals surface area contributed by atoms with E-state index in [1.165, 1.54) is 6.08 Å². The van der Waals surface area contributed by atoms with E-state index >= 15 is 0 Å².